The summed E-state index contributed by atoms with van der Waals surface area (Å²) >= 11 is 5.88. The van der Waals surface area contributed by atoms with E-state index in [4.69, 9.17) is 21.1 Å². The Hall–Kier alpha value is -2.53. The maximum absolute atomic E-state index is 12.1. The molecule has 0 heterocycles. The van der Waals surface area contributed by atoms with Crippen molar-refractivity contribution in [1.82, 2.24) is 5.32 Å². The Balaban J connectivity index is 1.87. The Bertz CT molecular complexity index is 746. The minimum absolute atomic E-state index is 0.292. The second-order valence-corrected chi connectivity index (χ2v) is 5.62. The van der Waals surface area contributed by atoms with E-state index in [0.717, 1.165) is 11.1 Å². The first kappa shape index (κ1) is 17.8. The van der Waals surface area contributed by atoms with Gasteiger partial charge in [-0.15, -0.1) is 0 Å². The number of hydrogen-bond donors (Lipinski definition) is 1. The molecule has 2 aromatic rings. The molecule has 24 heavy (non-hydrogen) atoms. The van der Waals surface area contributed by atoms with Crippen LogP contribution in [-0.4, -0.2) is 25.6 Å². The average molecular weight is 348 g/mol. The minimum Gasteiger partial charge on any atom is -0.496 e. The number of carbonyl (C=O) groups is 2. The van der Waals surface area contributed by atoms with Gasteiger partial charge in [0.15, 0.2) is 6.61 Å². The highest BCUT2D eigenvalue weighted by atomic mass is 35.5. The van der Waals surface area contributed by atoms with Crippen molar-refractivity contribution in [3.63, 3.8) is 0 Å². The van der Waals surface area contributed by atoms with E-state index in [1.54, 1.807) is 30.3 Å². The second kappa shape index (κ2) is 8.36. The van der Waals surface area contributed by atoms with Gasteiger partial charge in [0.1, 0.15) is 11.3 Å². The van der Waals surface area contributed by atoms with Crippen molar-refractivity contribution in [3.8, 4) is 5.75 Å². The number of halogens is 1. The number of benzene rings is 2. The van der Waals surface area contributed by atoms with Crippen LogP contribution in [-0.2, 0) is 16.1 Å². The lowest BCUT2D eigenvalue weighted by molar-refractivity contribution is -0.124. The topological polar surface area (TPSA) is 64.6 Å². The molecule has 0 aliphatic rings. The zero-order valence-electron chi connectivity index (χ0n) is 13.5. The molecule has 0 aliphatic heterocycles. The maximum atomic E-state index is 12.1. The van der Waals surface area contributed by atoms with Gasteiger partial charge in [0.2, 0.25) is 0 Å². The number of methoxy groups -OCH3 is 1. The van der Waals surface area contributed by atoms with Crippen LogP contribution in [0.4, 0.5) is 0 Å². The largest absolute Gasteiger partial charge is 0.496 e. The van der Waals surface area contributed by atoms with Crippen molar-refractivity contribution in [3.05, 3.63) is 64.2 Å². The number of aryl methyl sites for hydroxylation is 1. The normalized spacial score (nSPS) is 10.1. The Labute approximate surface area is 145 Å². The zero-order chi connectivity index (χ0) is 17.5. The molecule has 2 aromatic carbocycles. The van der Waals surface area contributed by atoms with E-state index in [0.29, 0.717) is 22.9 Å². The van der Waals surface area contributed by atoms with Crippen LogP contribution in [0.25, 0.3) is 0 Å². The van der Waals surface area contributed by atoms with Crippen molar-refractivity contribution in [2.45, 2.75) is 13.5 Å². The molecule has 1 N–H and O–H groups in total. The molecule has 5 nitrogen and oxygen atoms in total. The molecule has 1 amide bonds. The van der Waals surface area contributed by atoms with Gasteiger partial charge >= 0.3 is 5.97 Å². The van der Waals surface area contributed by atoms with Crippen LogP contribution in [0.2, 0.25) is 5.02 Å². The van der Waals surface area contributed by atoms with Crippen LogP contribution >= 0.6 is 11.6 Å². The molecular formula is C18H18ClNO4. The van der Waals surface area contributed by atoms with Crippen LogP contribution < -0.4 is 10.1 Å². The molecular weight excluding hydrogens is 330 g/mol. The summed E-state index contributed by atoms with van der Waals surface area (Å²) in [5.41, 5.74) is 2.05. The van der Waals surface area contributed by atoms with E-state index in [1.807, 2.05) is 19.1 Å². The number of amides is 1. The fourth-order valence-electron chi connectivity index (χ4n) is 2.09. The van der Waals surface area contributed by atoms with Gasteiger partial charge in [0.25, 0.3) is 5.91 Å². The summed E-state index contributed by atoms with van der Waals surface area (Å²) in [5, 5.41) is 3.26. The first-order valence-corrected chi connectivity index (χ1v) is 7.70. The fraction of sp³-hybridized carbons (Fsp3) is 0.222. The monoisotopic (exact) mass is 347 g/mol. The van der Waals surface area contributed by atoms with E-state index in [-0.39, 0.29) is 6.61 Å². The first-order valence-electron chi connectivity index (χ1n) is 7.32. The van der Waals surface area contributed by atoms with Gasteiger partial charge in [-0.25, -0.2) is 4.79 Å². The third kappa shape index (κ3) is 4.99. The highest BCUT2D eigenvalue weighted by Gasteiger charge is 2.15. The Kier molecular flexibility index (Phi) is 6.21. The summed E-state index contributed by atoms with van der Waals surface area (Å²) in [5.74, 6) is -0.590. The average Bonchev–Trinajstić information content (AvgIpc) is 2.58. The molecule has 2 rings (SSSR count). The number of ether oxygens (including phenoxy) is 2. The van der Waals surface area contributed by atoms with Gasteiger partial charge in [-0.2, -0.15) is 0 Å². The third-order valence-corrected chi connectivity index (χ3v) is 3.52. The van der Waals surface area contributed by atoms with E-state index in [1.165, 1.54) is 7.11 Å². The number of esters is 1. The highest BCUT2D eigenvalue weighted by Crippen LogP contribution is 2.20. The van der Waals surface area contributed by atoms with E-state index in [2.05, 4.69) is 5.32 Å². The predicted molar refractivity (Wildman–Crippen MR) is 91.3 cm³/mol. The van der Waals surface area contributed by atoms with E-state index < -0.39 is 11.9 Å². The van der Waals surface area contributed by atoms with Gasteiger partial charge in [-0.05, 0) is 36.8 Å². The van der Waals surface area contributed by atoms with Crippen LogP contribution in [0.5, 0.6) is 5.75 Å². The van der Waals surface area contributed by atoms with Crippen molar-refractivity contribution in [2.75, 3.05) is 13.7 Å². The summed E-state index contributed by atoms with van der Waals surface area (Å²) in [7, 11) is 1.47. The summed E-state index contributed by atoms with van der Waals surface area (Å²) in [6, 6.07) is 12.3. The second-order valence-electron chi connectivity index (χ2n) is 5.19. The predicted octanol–water partition coefficient (Wildman–Crippen LogP) is 3.13. The third-order valence-electron chi connectivity index (χ3n) is 3.29. The lowest BCUT2D eigenvalue weighted by atomic mass is 10.1. The van der Waals surface area contributed by atoms with Crippen molar-refractivity contribution in [1.29, 1.82) is 0 Å². The van der Waals surface area contributed by atoms with E-state index in [9.17, 15) is 9.59 Å². The zero-order valence-corrected chi connectivity index (χ0v) is 14.2. The molecule has 0 radical (unpaired) electrons. The van der Waals surface area contributed by atoms with E-state index >= 15 is 0 Å². The van der Waals surface area contributed by atoms with Gasteiger partial charge in [-0.1, -0.05) is 35.4 Å². The van der Waals surface area contributed by atoms with Crippen molar-refractivity contribution in [2.24, 2.45) is 0 Å². The molecule has 126 valence electrons. The first-order chi connectivity index (χ1) is 11.5. The summed E-state index contributed by atoms with van der Waals surface area (Å²) < 4.78 is 10.2. The van der Waals surface area contributed by atoms with Crippen molar-refractivity contribution >= 4 is 23.5 Å². The Morgan fingerprint density at radius 1 is 1.17 bits per heavy atom. The lowest BCUT2D eigenvalue weighted by Gasteiger charge is -2.10. The van der Waals surface area contributed by atoms with Gasteiger partial charge in [0, 0.05) is 11.6 Å². The molecule has 0 aliphatic carbocycles. The Morgan fingerprint density at radius 3 is 2.67 bits per heavy atom. The number of nitrogens with one attached hydrogen (secondary N) is 1. The smallest absolute Gasteiger partial charge is 0.342 e. The quantitative estimate of drug-likeness (QED) is 0.815. The highest BCUT2D eigenvalue weighted by molar-refractivity contribution is 6.30. The SMILES string of the molecule is COc1ccc(C)cc1C(=O)OCC(=O)NCc1cccc(Cl)c1. The molecule has 0 aromatic heterocycles. The van der Waals surface area contributed by atoms with Crippen LogP contribution in [0.1, 0.15) is 21.5 Å². The molecule has 0 fully saturated rings. The summed E-state index contributed by atoms with van der Waals surface area (Å²) in [6.07, 6.45) is 0. The van der Waals surface area contributed by atoms with Gasteiger partial charge < -0.3 is 14.8 Å². The van der Waals surface area contributed by atoms with Crippen molar-refractivity contribution < 1.29 is 19.1 Å². The molecule has 0 saturated carbocycles. The minimum atomic E-state index is -0.603. The fourth-order valence-corrected chi connectivity index (χ4v) is 2.30. The molecule has 0 saturated heterocycles. The summed E-state index contributed by atoms with van der Waals surface area (Å²) in [4.78, 5) is 23.9. The van der Waals surface area contributed by atoms with Crippen LogP contribution in [0.3, 0.4) is 0 Å². The lowest BCUT2D eigenvalue weighted by Crippen LogP contribution is -2.28. The molecule has 0 atom stereocenters. The number of carbonyl (C=O) groups excluding carboxylic acids is 2. The Morgan fingerprint density at radius 2 is 1.96 bits per heavy atom. The number of rotatable bonds is 6. The van der Waals surface area contributed by atoms with Gasteiger partial charge in [0.05, 0.1) is 7.11 Å². The standard InChI is InChI=1S/C18H18ClNO4/c1-12-6-7-16(23-2)15(8-12)18(22)24-11-17(21)20-10-13-4-3-5-14(19)9-13/h3-9H,10-11H2,1-2H3,(H,20,21). The molecule has 0 unspecified atom stereocenters. The van der Waals surface area contributed by atoms with Gasteiger partial charge in [-0.3, -0.25) is 4.79 Å². The molecule has 0 bridgehead atoms. The van der Waals surface area contributed by atoms with Crippen LogP contribution in [0.15, 0.2) is 42.5 Å². The maximum Gasteiger partial charge on any atom is 0.342 e. The number of hydrogen-bond acceptors (Lipinski definition) is 4. The molecule has 6 heteroatoms. The molecule has 0 spiro atoms. The summed E-state index contributed by atoms with van der Waals surface area (Å²) in [6.45, 7) is 1.80. The van der Waals surface area contributed by atoms with Crippen LogP contribution in [0, 0.1) is 6.92 Å².